The fourth-order valence-electron chi connectivity index (χ4n) is 3.52. The summed E-state index contributed by atoms with van der Waals surface area (Å²) in [4.78, 5) is 21.2. The van der Waals surface area contributed by atoms with Crippen LogP contribution in [0.4, 0.5) is 5.69 Å². The lowest BCUT2D eigenvalue weighted by atomic mass is 10.1. The van der Waals surface area contributed by atoms with Gasteiger partial charge in [-0.05, 0) is 35.9 Å². The number of anilines is 1. The number of nitrogens with one attached hydrogen (secondary N) is 1. The van der Waals surface area contributed by atoms with Gasteiger partial charge in [0.1, 0.15) is 5.75 Å². The summed E-state index contributed by atoms with van der Waals surface area (Å²) in [6, 6.07) is 12.4. The minimum atomic E-state index is -0.0125. The van der Waals surface area contributed by atoms with Crippen LogP contribution in [0.25, 0.3) is 0 Å². The van der Waals surface area contributed by atoms with Crippen LogP contribution in [0, 0.1) is 5.92 Å². The van der Waals surface area contributed by atoms with Crippen molar-refractivity contribution in [3.05, 3.63) is 54.4 Å². The van der Waals surface area contributed by atoms with Crippen LogP contribution in [0.3, 0.4) is 0 Å². The smallest absolute Gasteiger partial charge is 0.222 e. The van der Waals surface area contributed by atoms with Crippen molar-refractivity contribution in [1.82, 2.24) is 15.2 Å². The molecule has 1 fully saturated rings. The van der Waals surface area contributed by atoms with Gasteiger partial charge in [-0.1, -0.05) is 19.9 Å². The van der Waals surface area contributed by atoms with Gasteiger partial charge in [-0.25, -0.2) is 0 Å². The number of ether oxygens (including phenoxy) is 1. The Morgan fingerprint density at radius 2 is 1.86 bits per heavy atom. The highest BCUT2D eigenvalue weighted by Crippen LogP contribution is 2.25. The standard InChI is InChI=1S/C22H30N4O2/c1-17(2)22(27)24-16-21(18-5-4-10-23-15-18)26-13-11-25(12-14-26)19-6-8-20(28-3)9-7-19/h4-10,15,17,21H,11-14,16H2,1-3H3,(H,24,27)/t21-/m1/s1. The van der Waals surface area contributed by atoms with Crippen molar-refractivity contribution >= 4 is 11.6 Å². The van der Waals surface area contributed by atoms with E-state index in [0.29, 0.717) is 6.54 Å². The number of piperazine rings is 1. The molecular weight excluding hydrogens is 352 g/mol. The quantitative estimate of drug-likeness (QED) is 0.798. The second-order valence-electron chi connectivity index (χ2n) is 7.42. The van der Waals surface area contributed by atoms with Crippen LogP contribution in [-0.2, 0) is 4.79 Å². The first-order chi connectivity index (χ1) is 13.6. The van der Waals surface area contributed by atoms with Gasteiger partial charge in [-0.2, -0.15) is 0 Å². The van der Waals surface area contributed by atoms with Gasteiger partial charge in [0.2, 0.25) is 5.91 Å². The third-order valence-electron chi connectivity index (χ3n) is 5.26. The van der Waals surface area contributed by atoms with E-state index in [4.69, 9.17) is 4.74 Å². The number of nitrogens with zero attached hydrogens (tertiary/aromatic N) is 3. The molecule has 0 bridgehead atoms. The minimum absolute atomic E-state index is 0.0125. The molecule has 1 saturated heterocycles. The Balaban J connectivity index is 1.65. The van der Waals surface area contributed by atoms with Crippen LogP contribution in [0.2, 0.25) is 0 Å². The highest BCUT2D eigenvalue weighted by atomic mass is 16.5. The Morgan fingerprint density at radius 3 is 2.43 bits per heavy atom. The number of rotatable bonds is 7. The van der Waals surface area contributed by atoms with Gasteiger partial charge in [0.25, 0.3) is 0 Å². The first-order valence-electron chi connectivity index (χ1n) is 9.89. The van der Waals surface area contributed by atoms with Gasteiger partial charge >= 0.3 is 0 Å². The van der Waals surface area contributed by atoms with Crippen LogP contribution in [0.5, 0.6) is 5.75 Å². The third-order valence-corrected chi connectivity index (χ3v) is 5.26. The molecule has 6 heteroatoms. The second kappa shape index (κ2) is 9.55. The van der Waals surface area contributed by atoms with Crippen molar-refractivity contribution in [2.45, 2.75) is 19.9 Å². The number of aromatic nitrogens is 1. The molecule has 1 N–H and O–H groups in total. The molecule has 28 heavy (non-hydrogen) atoms. The Hall–Kier alpha value is -2.60. The van der Waals surface area contributed by atoms with E-state index in [1.54, 1.807) is 13.3 Å². The zero-order chi connectivity index (χ0) is 19.9. The summed E-state index contributed by atoms with van der Waals surface area (Å²) >= 11 is 0. The molecule has 150 valence electrons. The molecule has 1 aromatic carbocycles. The lowest BCUT2D eigenvalue weighted by molar-refractivity contribution is -0.124. The maximum absolute atomic E-state index is 12.1. The number of methoxy groups -OCH3 is 1. The molecule has 0 unspecified atom stereocenters. The van der Waals surface area contributed by atoms with Gasteiger partial charge in [0.05, 0.1) is 13.2 Å². The molecule has 1 aromatic heterocycles. The Morgan fingerprint density at radius 1 is 1.14 bits per heavy atom. The van der Waals surface area contributed by atoms with E-state index in [9.17, 15) is 4.79 Å². The summed E-state index contributed by atoms with van der Waals surface area (Å²) in [6.45, 7) is 8.20. The molecular formula is C22H30N4O2. The highest BCUT2D eigenvalue weighted by molar-refractivity contribution is 5.77. The maximum Gasteiger partial charge on any atom is 0.222 e. The number of carbonyl (C=O) groups is 1. The Kier molecular flexibility index (Phi) is 6.87. The van der Waals surface area contributed by atoms with E-state index >= 15 is 0 Å². The average Bonchev–Trinajstić information content (AvgIpc) is 2.75. The Bertz CT molecular complexity index is 741. The van der Waals surface area contributed by atoms with E-state index in [2.05, 4.69) is 38.3 Å². The molecule has 2 aromatic rings. The zero-order valence-electron chi connectivity index (χ0n) is 17.0. The topological polar surface area (TPSA) is 57.7 Å². The number of carbonyl (C=O) groups excluding carboxylic acids is 1. The van der Waals surface area contributed by atoms with E-state index in [1.165, 1.54) is 5.69 Å². The first-order valence-corrected chi connectivity index (χ1v) is 9.89. The van der Waals surface area contributed by atoms with Crippen molar-refractivity contribution in [2.24, 2.45) is 5.92 Å². The summed E-state index contributed by atoms with van der Waals surface area (Å²) in [6.07, 6.45) is 3.69. The normalized spacial score (nSPS) is 16.1. The number of amides is 1. The van der Waals surface area contributed by atoms with Crippen molar-refractivity contribution in [2.75, 3.05) is 44.7 Å². The molecule has 0 aliphatic carbocycles. The van der Waals surface area contributed by atoms with Gasteiger partial charge in [-0.3, -0.25) is 14.7 Å². The first kappa shape index (κ1) is 20.1. The highest BCUT2D eigenvalue weighted by Gasteiger charge is 2.26. The molecule has 1 amide bonds. The predicted octanol–water partition coefficient (Wildman–Crippen LogP) is 2.73. The van der Waals surface area contributed by atoms with Crippen LogP contribution in [-0.4, -0.2) is 55.6 Å². The Labute approximate surface area is 167 Å². The van der Waals surface area contributed by atoms with E-state index in [0.717, 1.165) is 37.5 Å². The summed E-state index contributed by atoms with van der Waals surface area (Å²) in [7, 11) is 1.68. The predicted molar refractivity (Wildman–Crippen MR) is 112 cm³/mol. The summed E-state index contributed by atoms with van der Waals surface area (Å²) < 4.78 is 5.25. The van der Waals surface area contributed by atoms with Crippen LogP contribution in [0.15, 0.2) is 48.8 Å². The fraction of sp³-hybridized carbons (Fsp3) is 0.455. The maximum atomic E-state index is 12.1. The molecule has 1 aliphatic rings. The van der Waals surface area contributed by atoms with Crippen molar-refractivity contribution in [3.8, 4) is 5.75 Å². The minimum Gasteiger partial charge on any atom is -0.497 e. The van der Waals surface area contributed by atoms with Crippen molar-refractivity contribution in [1.29, 1.82) is 0 Å². The van der Waals surface area contributed by atoms with Crippen LogP contribution < -0.4 is 15.0 Å². The molecule has 0 saturated carbocycles. The fourth-order valence-corrected chi connectivity index (χ4v) is 3.52. The monoisotopic (exact) mass is 382 g/mol. The van der Waals surface area contributed by atoms with Gasteiger partial charge in [0.15, 0.2) is 0 Å². The van der Waals surface area contributed by atoms with E-state index < -0.39 is 0 Å². The third kappa shape index (κ3) is 5.01. The lowest BCUT2D eigenvalue weighted by Crippen LogP contribution is -2.50. The molecule has 3 rings (SSSR count). The SMILES string of the molecule is COc1ccc(N2CCN([C@H](CNC(=O)C(C)C)c3cccnc3)CC2)cc1. The van der Waals surface area contributed by atoms with Gasteiger partial charge in [-0.15, -0.1) is 0 Å². The molecule has 0 radical (unpaired) electrons. The molecule has 1 aliphatic heterocycles. The lowest BCUT2D eigenvalue weighted by Gasteiger charge is -2.40. The van der Waals surface area contributed by atoms with Crippen LogP contribution >= 0.6 is 0 Å². The summed E-state index contributed by atoms with van der Waals surface area (Å²) in [5.41, 5.74) is 2.36. The van der Waals surface area contributed by atoms with Crippen molar-refractivity contribution < 1.29 is 9.53 Å². The summed E-state index contributed by atoms with van der Waals surface area (Å²) in [5.74, 6) is 0.951. The average molecular weight is 383 g/mol. The van der Waals surface area contributed by atoms with E-state index in [-0.39, 0.29) is 17.9 Å². The van der Waals surface area contributed by atoms with Gasteiger partial charge < -0.3 is 15.0 Å². The van der Waals surface area contributed by atoms with Crippen molar-refractivity contribution in [3.63, 3.8) is 0 Å². The van der Waals surface area contributed by atoms with E-state index in [1.807, 2.05) is 38.2 Å². The number of hydrogen-bond acceptors (Lipinski definition) is 5. The molecule has 1 atom stereocenters. The van der Waals surface area contributed by atoms with Gasteiger partial charge in [0, 0.05) is 56.7 Å². The summed E-state index contributed by atoms with van der Waals surface area (Å²) in [5, 5.41) is 3.10. The number of hydrogen-bond donors (Lipinski definition) is 1. The molecule has 2 heterocycles. The zero-order valence-corrected chi connectivity index (χ0v) is 17.0. The molecule has 6 nitrogen and oxygen atoms in total. The number of benzene rings is 1. The molecule has 0 spiro atoms. The van der Waals surface area contributed by atoms with Crippen LogP contribution in [0.1, 0.15) is 25.5 Å². The largest absolute Gasteiger partial charge is 0.497 e. The number of pyridine rings is 1. The second-order valence-corrected chi connectivity index (χ2v) is 7.42.